The standard InChI is InChI=1S/C20H25N5O2/c1-14-7-8-16(12-22-14)23-19(26)18-13-21-9-10-25(18)20(27)15-5-4-6-17(11-15)24(2)3/h4-8,11-12,18,21H,9-10,13H2,1-3H3,(H,23,26)/t18-/m0/s1. The number of pyridine rings is 1. The molecule has 1 aromatic heterocycles. The number of nitrogens with one attached hydrogen (secondary N) is 2. The van der Waals surface area contributed by atoms with Crippen LogP contribution in [-0.4, -0.2) is 61.5 Å². The van der Waals surface area contributed by atoms with Gasteiger partial charge in [-0.25, -0.2) is 0 Å². The first kappa shape index (κ1) is 18.8. The van der Waals surface area contributed by atoms with Gasteiger partial charge in [0.1, 0.15) is 6.04 Å². The van der Waals surface area contributed by atoms with Crippen molar-refractivity contribution in [3.63, 3.8) is 0 Å². The van der Waals surface area contributed by atoms with Gasteiger partial charge in [-0.2, -0.15) is 0 Å². The van der Waals surface area contributed by atoms with E-state index in [0.717, 1.165) is 11.4 Å². The van der Waals surface area contributed by atoms with E-state index >= 15 is 0 Å². The van der Waals surface area contributed by atoms with Crippen molar-refractivity contribution >= 4 is 23.2 Å². The highest BCUT2D eigenvalue weighted by Crippen LogP contribution is 2.18. The molecule has 0 radical (unpaired) electrons. The van der Waals surface area contributed by atoms with Crippen molar-refractivity contribution in [2.75, 3.05) is 43.9 Å². The summed E-state index contributed by atoms with van der Waals surface area (Å²) in [5.74, 6) is -0.354. The molecule has 2 aromatic rings. The molecule has 1 aliphatic rings. The summed E-state index contributed by atoms with van der Waals surface area (Å²) in [4.78, 5) is 33.6. The predicted molar refractivity (Wildman–Crippen MR) is 106 cm³/mol. The van der Waals surface area contributed by atoms with Crippen LogP contribution in [0.15, 0.2) is 42.6 Å². The number of carbonyl (C=O) groups is 2. The number of piperazine rings is 1. The molecule has 2 N–H and O–H groups in total. The number of benzene rings is 1. The maximum absolute atomic E-state index is 13.1. The van der Waals surface area contributed by atoms with Crippen molar-refractivity contribution in [2.24, 2.45) is 0 Å². The van der Waals surface area contributed by atoms with E-state index in [1.54, 1.807) is 17.2 Å². The Morgan fingerprint density at radius 2 is 2.07 bits per heavy atom. The molecule has 0 aliphatic carbocycles. The van der Waals surface area contributed by atoms with E-state index in [1.807, 2.05) is 56.3 Å². The Balaban J connectivity index is 1.78. The summed E-state index contributed by atoms with van der Waals surface area (Å²) in [6.07, 6.45) is 1.62. The molecule has 3 rings (SSSR count). The molecule has 0 unspecified atom stereocenters. The number of hydrogen-bond donors (Lipinski definition) is 2. The van der Waals surface area contributed by atoms with E-state index in [2.05, 4.69) is 15.6 Å². The Labute approximate surface area is 159 Å². The Morgan fingerprint density at radius 3 is 2.78 bits per heavy atom. The zero-order valence-electron chi connectivity index (χ0n) is 15.9. The van der Waals surface area contributed by atoms with Gasteiger partial charge in [-0.05, 0) is 37.3 Å². The molecule has 142 valence electrons. The minimum Gasteiger partial charge on any atom is -0.378 e. The first-order chi connectivity index (χ1) is 13.0. The summed E-state index contributed by atoms with van der Waals surface area (Å²) in [6, 6.07) is 10.5. The fraction of sp³-hybridized carbons (Fsp3) is 0.350. The molecule has 2 heterocycles. The van der Waals surface area contributed by atoms with Crippen LogP contribution in [-0.2, 0) is 4.79 Å². The smallest absolute Gasteiger partial charge is 0.254 e. The average Bonchev–Trinajstić information content (AvgIpc) is 2.69. The SMILES string of the molecule is Cc1ccc(NC(=O)[C@@H]2CNCCN2C(=O)c2cccc(N(C)C)c2)cn1. The fourth-order valence-corrected chi connectivity index (χ4v) is 3.03. The van der Waals surface area contributed by atoms with Gasteiger partial charge in [0, 0.05) is 50.7 Å². The first-order valence-corrected chi connectivity index (χ1v) is 8.98. The lowest BCUT2D eigenvalue weighted by molar-refractivity contribution is -0.121. The quantitative estimate of drug-likeness (QED) is 0.857. The number of aryl methyl sites for hydroxylation is 1. The normalized spacial score (nSPS) is 16.7. The molecule has 0 bridgehead atoms. The highest BCUT2D eigenvalue weighted by atomic mass is 16.2. The van der Waals surface area contributed by atoms with E-state index in [4.69, 9.17) is 0 Å². The van der Waals surface area contributed by atoms with E-state index in [0.29, 0.717) is 30.9 Å². The zero-order chi connectivity index (χ0) is 19.4. The summed E-state index contributed by atoms with van der Waals surface area (Å²) in [7, 11) is 3.86. The lowest BCUT2D eigenvalue weighted by atomic mass is 10.1. The second-order valence-corrected chi connectivity index (χ2v) is 6.84. The van der Waals surface area contributed by atoms with Crippen LogP contribution >= 0.6 is 0 Å². The third-order valence-electron chi connectivity index (χ3n) is 4.60. The minimum atomic E-state index is -0.574. The predicted octanol–water partition coefficient (Wildman–Crippen LogP) is 1.51. The Bertz CT molecular complexity index is 819. The molecule has 0 spiro atoms. The van der Waals surface area contributed by atoms with E-state index in [-0.39, 0.29) is 11.8 Å². The summed E-state index contributed by atoms with van der Waals surface area (Å²) in [5.41, 5.74) is 3.03. The largest absolute Gasteiger partial charge is 0.378 e. The van der Waals surface area contributed by atoms with Crippen molar-refractivity contribution in [3.05, 3.63) is 53.9 Å². The van der Waals surface area contributed by atoms with Crippen LogP contribution in [0.3, 0.4) is 0 Å². The molecule has 7 heteroatoms. The van der Waals surface area contributed by atoms with Gasteiger partial charge in [-0.15, -0.1) is 0 Å². The highest BCUT2D eigenvalue weighted by Gasteiger charge is 2.32. The monoisotopic (exact) mass is 367 g/mol. The second kappa shape index (κ2) is 8.18. The molecule has 1 aromatic carbocycles. The average molecular weight is 367 g/mol. The molecule has 7 nitrogen and oxygen atoms in total. The molecule has 2 amide bonds. The number of amides is 2. The van der Waals surface area contributed by atoms with Crippen LogP contribution < -0.4 is 15.5 Å². The highest BCUT2D eigenvalue weighted by molar-refractivity contribution is 6.01. The molecule has 27 heavy (non-hydrogen) atoms. The lowest BCUT2D eigenvalue weighted by Gasteiger charge is -2.35. The lowest BCUT2D eigenvalue weighted by Crippen LogP contribution is -2.58. The molecule has 0 saturated carbocycles. The summed E-state index contributed by atoms with van der Waals surface area (Å²) < 4.78 is 0. The molecule has 1 fully saturated rings. The van der Waals surface area contributed by atoms with Crippen LogP contribution in [0.1, 0.15) is 16.1 Å². The first-order valence-electron chi connectivity index (χ1n) is 8.98. The Morgan fingerprint density at radius 1 is 1.26 bits per heavy atom. The van der Waals surface area contributed by atoms with Crippen LogP contribution in [0, 0.1) is 6.92 Å². The zero-order valence-corrected chi connectivity index (χ0v) is 15.9. The van der Waals surface area contributed by atoms with Gasteiger partial charge in [0.25, 0.3) is 5.91 Å². The molecular formula is C20H25N5O2. The minimum absolute atomic E-state index is 0.137. The van der Waals surface area contributed by atoms with Gasteiger partial charge in [-0.1, -0.05) is 6.07 Å². The van der Waals surface area contributed by atoms with Gasteiger partial charge in [0.15, 0.2) is 0 Å². The van der Waals surface area contributed by atoms with Gasteiger partial charge >= 0.3 is 0 Å². The number of anilines is 2. The van der Waals surface area contributed by atoms with Gasteiger partial charge < -0.3 is 20.4 Å². The number of hydrogen-bond acceptors (Lipinski definition) is 5. The number of aromatic nitrogens is 1. The van der Waals surface area contributed by atoms with E-state index < -0.39 is 6.04 Å². The number of carbonyl (C=O) groups excluding carboxylic acids is 2. The van der Waals surface area contributed by atoms with Gasteiger partial charge in [0.2, 0.25) is 5.91 Å². The van der Waals surface area contributed by atoms with Gasteiger partial charge in [0.05, 0.1) is 11.9 Å². The second-order valence-electron chi connectivity index (χ2n) is 6.84. The third kappa shape index (κ3) is 4.43. The summed E-state index contributed by atoms with van der Waals surface area (Å²) in [6.45, 7) is 3.45. The van der Waals surface area contributed by atoms with Crippen molar-refractivity contribution < 1.29 is 9.59 Å². The van der Waals surface area contributed by atoms with Crippen LogP contribution in [0.25, 0.3) is 0 Å². The summed E-state index contributed by atoms with van der Waals surface area (Å²) in [5, 5.41) is 6.06. The molecule has 1 saturated heterocycles. The number of rotatable bonds is 4. The van der Waals surface area contributed by atoms with Crippen molar-refractivity contribution in [1.29, 1.82) is 0 Å². The van der Waals surface area contributed by atoms with Crippen molar-refractivity contribution in [3.8, 4) is 0 Å². The molecule has 1 aliphatic heterocycles. The fourth-order valence-electron chi connectivity index (χ4n) is 3.03. The van der Waals surface area contributed by atoms with Crippen LogP contribution in [0.2, 0.25) is 0 Å². The molecule has 1 atom stereocenters. The molecular weight excluding hydrogens is 342 g/mol. The van der Waals surface area contributed by atoms with Gasteiger partial charge in [-0.3, -0.25) is 14.6 Å². The Hall–Kier alpha value is -2.93. The van der Waals surface area contributed by atoms with E-state index in [1.165, 1.54) is 0 Å². The maximum Gasteiger partial charge on any atom is 0.254 e. The van der Waals surface area contributed by atoms with Crippen molar-refractivity contribution in [1.82, 2.24) is 15.2 Å². The third-order valence-corrected chi connectivity index (χ3v) is 4.60. The Kier molecular flexibility index (Phi) is 5.71. The van der Waals surface area contributed by atoms with Crippen LogP contribution in [0.4, 0.5) is 11.4 Å². The van der Waals surface area contributed by atoms with E-state index in [9.17, 15) is 9.59 Å². The van der Waals surface area contributed by atoms with Crippen molar-refractivity contribution in [2.45, 2.75) is 13.0 Å². The summed E-state index contributed by atoms with van der Waals surface area (Å²) >= 11 is 0. The topological polar surface area (TPSA) is 77.6 Å². The number of nitrogens with zero attached hydrogens (tertiary/aromatic N) is 3. The van der Waals surface area contributed by atoms with Crippen LogP contribution in [0.5, 0.6) is 0 Å². The maximum atomic E-state index is 13.1.